The minimum absolute atomic E-state index is 0.00423. The average molecular weight is 781 g/mol. The van der Waals surface area contributed by atoms with Crippen molar-refractivity contribution < 1.29 is 53.4 Å². The molecule has 5 rings (SSSR count). The fourth-order valence-corrected chi connectivity index (χ4v) is 7.16. The Kier molecular flexibility index (Phi) is 15.6. The fraction of sp³-hybridized carbons (Fsp3) is 0.639. The average Bonchev–Trinajstić information content (AvgIpc) is 3.15. The lowest BCUT2D eigenvalue weighted by molar-refractivity contribution is -0.790. The number of rotatable bonds is 20. The van der Waals surface area contributed by atoms with Gasteiger partial charge in [-0.25, -0.2) is 0 Å². The van der Waals surface area contributed by atoms with Crippen LogP contribution in [0.4, 0.5) is 5.69 Å². The molecule has 2 aromatic rings. The first kappa shape index (κ1) is 41.0. The largest absolute Gasteiger partial charge is 0.490 e. The summed E-state index contributed by atoms with van der Waals surface area (Å²) in [5.74, 6) is 1.23. The molecule has 2 aliphatic heterocycles. The zero-order chi connectivity index (χ0) is 38.5. The van der Waals surface area contributed by atoms with Crippen LogP contribution in [0.25, 0.3) is 0 Å². The van der Waals surface area contributed by atoms with Gasteiger partial charge in [-0.2, -0.15) is 0 Å². The van der Waals surface area contributed by atoms with Crippen LogP contribution in [0.2, 0.25) is 5.02 Å². The molecule has 2 fully saturated rings. The molecule has 298 valence electrons. The van der Waals surface area contributed by atoms with E-state index < -0.39 is 41.2 Å². The van der Waals surface area contributed by atoms with Crippen molar-refractivity contribution in [3.63, 3.8) is 0 Å². The molecule has 3 aliphatic rings. The van der Waals surface area contributed by atoms with Crippen molar-refractivity contribution in [2.75, 3.05) is 58.0 Å². The SMILES string of the molecule is COCCCN1CCOc2ccc(COC3CN(C(=O)CCCC(CO[N+](=O)[O-])O[N+](=O)[O-])CC(O)C3OC3CCC(Oc4ccc(Cl)cc4)CC3)cc21. The molecule has 1 saturated carbocycles. The van der Waals surface area contributed by atoms with E-state index in [2.05, 4.69) is 14.6 Å². The summed E-state index contributed by atoms with van der Waals surface area (Å²) in [4.78, 5) is 47.3. The van der Waals surface area contributed by atoms with Gasteiger partial charge in [0.05, 0.1) is 31.0 Å². The first-order valence-corrected chi connectivity index (χ1v) is 18.7. The molecule has 1 amide bonds. The van der Waals surface area contributed by atoms with E-state index in [4.69, 9.17) is 35.3 Å². The van der Waals surface area contributed by atoms with Crippen LogP contribution >= 0.6 is 11.6 Å². The maximum Gasteiger partial charge on any atom is 0.294 e. The van der Waals surface area contributed by atoms with E-state index in [0.29, 0.717) is 31.1 Å². The lowest BCUT2D eigenvalue weighted by Crippen LogP contribution is -2.59. The molecule has 1 aliphatic carbocycles. The van der Waals surface area contributed by atoms with Gasteiger partial charge in [-0.3, -0.25) is 4.79 Å². The van der Waals surface area contributed by atoms with E-state index in [1.54, 1.807) is 19.2 Å². The van der Waals surface area contributed by atoms with Crippen molar-refractivity contribution in [2.45, 2.75) is 94.6 Å². The number of hydrogen-bond acceptors (Lipinski definition) is 14. The number of β-amino-alcohol motifs (C(OH)–C–C–N with tert-alkyl or cyclic N) is 1. The van der Waals surface area contributed by atoms with Crippen LogP contribution in [-0.2, 0) is 35.3 Å². The number of methoxy groups -OCH3 is 1. The molecule has 54 heavy (non-hydrogen) atoms. The second-order valence-corrected chi connectivity index (χ2v) is 14.1. The third-order valence-electron chi connectivity index (χ3n) is 9.73. The van der Waals surface area contributed by atoms with Gasteiger partial charge in [0, 0.05) is 44.8 Å². The van der Waals surface area contributed by atoms with E-state index in [1.807, 2.05) is 30.3 Å². The topological polar surface area (TPSA) is 195 Å². The Labute approximate surface area is 318 Å². The molecular weight excluding hydrogens is 732 g/mol. The Morgan fingerprint density at radius 2 is 1.80 bits per heavy atom. The van der Waals surface area contributed by atoms with Gasteiger partial charge >= 0.3 is 0 Å². The summed E-state index contributed by atoms with van der Waals surface area (Å²) in [6, 6.07) is 13.2. The van der Waals surface area contributed by atoms with Gasteiger partial charge < -0.3 is 48.3 Å². The number of nitrogens with zero attached hydrogens (tertiary/aromatic N) is 4. The van der Waals surface area contributed by atoms with Gasteiger partial charge in [0.1, 0.15) is 49.1 Å². The molecule has 2 heterocycles. The molecule has 4 unspecified atom stereocenters. The smallest absolute Gasteiger partial charge is 0.294 e. The van der Waals surface area contributed by atoms with Crippen molar-refractivity contribution in [1.29, 1.82) is 0 Å². The van der Waals surface area contributed by atoms with Gasteiger partial charge in [-0.05, 0) is 86.9 Å². The Morgan fingerprint density at radius 1 is 1.04 bits per heavy atom. The number of halogens is 1. The highest BCUT2D eigenvalue weighted by atomic mass is 35.5. The van der Waals surface area contributed by atoms with E-state index in [0.717, 1.165) is 55.1 Å². The molecule has 1 N–H and O–H groups in total. The number of carbonyl (C=O) groups excluding carboxylic acids is 1. The summed E-state index contributed by atoms with van der Waals surface area (Å²) in [7, 11) is 1.68. The molecule has 17 nitrogen and oxygen atoms in total. The maximum atomic E-state index is 13.4. The number of aliphatic hydroxyl groups excluding tert-OH is 1. The summed E-state index contributed by atoms with van der Waals surface area (Å²) in [5.41, 5.74) is 1.86. The number of anilines is 1. The summed E-state index contributed by atoms with van der Waals surface area (Å²) >= 11 is 6.01. The molecule has 18 heteroatoms. The number of likely N-dealkylation sites (tertiary alicyclic amines) is 1. The van der Waals surface area contributed by atoms with Crippen LogP contribution in [0.15, 0.2) is 42.5 Å². The number of amides is 1. The monoisotopic (exact) mass is 780 g/mol. The summed E-state index contributed by atoms with van der Waals surface area (Å²) < 4.78 is 30.3. The van der Waals surface area contributed by atoms with Crippen molar-refractivity contribution in [3.8, 4) is 11.5 Å². The Bertz CT molecular complexity index is 1510. The second kappa shape index (κ2) is 20.5. The van der Waals surface area contributed by atoms with Crippen LogP contribution < -0.4 is 14.4 Å². The number of benzene rings is 2. The third-order valence-corrected chi connectivity index (χ3v) is 9.99. The van der Waals surface area contributed by atoms with E-state index >= 15 is 0 Å². The number of fused-ring (bicyclic) bond motifs is 1. The molecule has 0 aromatic heterocycles. The van der Waals surface area contributed by atoms with Crippen LogP contribution in [0.1, 0.15) is 56.9 Å². The van der Waals surface area contributed by atoms with Crippen LogP contribution in [0.5, 0.6) is 11.5 Å². The van der Waals surface area contributed by atoms with E-state index in [1.165, 1.54) is 4.90 Å². The fourth-order valence-electron chi connectivity index (χ4n) is 7.03. The molecule has 2 aromatic carbocycles. The van der Waals surface area contributed by atoms with Gasteiger partial charge in [0.2, 0.25) is 5.91 Å². The lowest BCUT2D eigenvalue weighted by Gasteiger charge is -2.43. The van der Waals surface area contributed by atoms with Gasteiger partial charge in [0.25, 0.3) is 10.2 Å². The predicted molar refractivity (Wildman–Crippen MR) is 193 cm³/mol. The molecule has 0 bridgehead atoms. The van der Waals surface area contributed by atoms with Crippen molar-refractivity contribution in [1.82, 2.24) is 4.90 Å². The number of ether oxygens (including phenoxy) is 5. The third kappa shape index (κ3) is 12.4. The Balaban J connectivity index is 1.22. The standard InChI is InChI=1S/C36H49ClN4O13/c1-48-18-3-16-38-17-19-49-33-15-6-25(20-31(33)38)23-50-34-22-39(35(43)5-2-4-30(54-41(46)47)24-51-40(44)45)21-32(42)36(34)53-29-13-11-28(12-14-29)52-27-9-7-26(37)8-10-27/h6-10,15,20,28-30,32,34,36,42H,2-5,11-14,16-19,21-24H2,1H3. The van der Waals surface area contributed by atoms with Crippen LogP contribution in [0, 0.1) is 20.2 Å². The van der Waals surface area contributed by atoms with Gasteiger partial charge in [0.15, 0.2) is 0 Å². The minimum atomic E-state index is -1.22. The number of aliphatic hydroxyl groups is 1. The normalized spacial score (nSPS) is 23.1. The first-order valence-electron chi connectivity index (χ1n) is 18.3. The summed E-state index contributed by atoms with van der Waals surface area (Å²) in [6.07, 6.45) is 0.0996. The van der Waals surface area contributed by atoms with Gasteiger partial charge in [-0.15, -0.1) is 20.2 Å². The zero-order valence-corrected chi connectivity index (χ0v) is 31.1. The zero-order valence-electron chi connectivity index (χ0n) is 30.3. The van der Waals surface area contributed by atoms with Gasteiger partial charge in [-0.1, -0.05) is 17.7 Å². The van der Waals surface area contributed by atoms with Crippen molar-refractivity contribution in [2.24, 2.45) is 0 Å². The highest BCUT2D eigenvalue weighted by Crippen LogP contribution is 2.34. The summed E-state index contributed by atoms with van der Waals surface area (Å²) in [6.45, 7) is 2.49. The van der Waals surface area contributed by atoms with Crippen LogP contribution in [0.3, 0.4) is 0 Å². The highest BCUT2D eigenvalue weighted by molar-refractivity contribution is 6.30. The summed E-state index contributed by atoms with van der Waals surface area (Å²) in [5, 5.41) is 31.4. The number of piperidine rings is 1. The van der Waals surface area contributed by atoms with Crippen molar-refractivity contribution >= 4 is 23.2 Å². The van der Waals surface area contributed by atoms with E-state index in [-0.39, 0.29) is 57.1 Å². The Hall–Kier alpha value is -4.16. The molecule has 4 atom stereocenters. The second-order valence-electron chi connectivity index (χ2n) is 13.6. The first-order chi connectivity index (χ1) is 26.1. The minimum Gasteiger partial charge on any atom is -0.490 e. The number of carbonyl (C=O) groups is 1. The molecular formula is C36H49ClN4O13. The number of hydrogen-bond donors (Lipinski definition) is 1. The molecule has 0 spiro atoms. The van der Waals surface area contributed by atoms with E-state index in [9.17, 15) is 30.1 Å². The molecule has 0 radical (unpaired) electrons. The Morgan fingerprint density at radius 3 is 2.52 bits per heavy atom. The highest BCUT2D eigenvalue weighted by Gasteiger charge is 2.41. The lowest BCUT2D eigenvalue weighted by atomic mass is 9.93. The maximum absolute atomic E-state index is 13.4. The van der Waals surface area contributed by atoms with Crippen LogP contribution in [-0.4, -0.2) is 116 Å². The van der Waals surface area contributed by atoms with Crippen molar-refractivity contribution in [3.05, 3.63) is 73.3 Å². The predicted octanol–water partition coefficient (Wildman–Crippen LogP) is 4.39. The molecule has 1 saturated heterocycles. The quantitative estimate of drug-likeness (QED) is 0.113.